The third-order valence-corrected chi connectivity index (χ3v) is 4.05. The second-order valence-corrected chi connectivity index (χ2v) is 5.82. The van der Waals surface area contributed by atoms with Gasteiger partial charge in [-0.15, -0.1) is 0 Å². The third kappa shape index (κ3) is 4.58. The van der Waals surface area contributed by atoms with E-state index in [1.807, 2.05) is 24.3 Å². The summed E-state index contributed by atoms with van der Waals surface area (Å²) < 4.78 is 5.88. The predicted molar refractivity (Wildman–Crippen MR) is 90.2 cm³/mol. The molecule has 1 atom stereocenters. The zero-order valence-corrected chi connectivity index (χ0v) is 12.9. The molecule has 0 aromatic heterocycles. The molecule has 2 N–H and O–H groups in total. The minimum Gasteiger partial charge on any atom is -0.489 e. The molecular formula is C19H24N2O. The number of rotatable bonds is 7. The van der Waals surface area contributed by atoms with Crippen molar-refractivity contribution < 1.29 is 4.74 Å². The molecule has 3 nitrogen and oxygen atoms in total. The van der Waals surface area contributed by atoms with Crippen molar-refractivity contribution in [3.8, 4) is 5.75 Å². The average molecular weight is 296 g/mol. The van der Waals surface area contributed by atoms with Crippen LogP contribution in [0.1, 0.15) is 17.5 Å². The van der Waals surface area contributed by atoms with E-state index in [1.54, 1.807) is 0 Å². The maximum Gasteiger partial charge on any atom is 0.120 e. The van der Waals surface area contributed by atoms with Crippen LogP contribution in [0, 0.1) is 0 Å². The van der Waals surface area contributed by atoms with E-state index in [0.717, 1.165) is 31.8 Å². The average Bonchev–Trinajstić information content (AvgIpc) is 3.08. The van der Waals surface area contributed by atoms with Gasteiger partial charge in [0.15, 0.2) is 0 Å². The fraction of sp³-hybridized carbons (Fsp3) is 0.368. The van der Waals surface area contributed by atoms with Crippen LogP contribution < -0.4 is 15.4 Å². The highest BCUT2D eigenvalue weighted by Crippen LogP contribution is 2.15. The van der Waals surface area contributed by atoms with Crippen molar-refractivity contribution >= 4 is 0 Å². The van der Waals surface area contributed by atoms with Crippen LogP contribution >= 0.6 is 0 Å². The summed E-state index contributed by atoms with van der Waals surface area (Å²) in [6, 6.07) is 19.3. The van der Waals surface area contributed by atoms with Crippen LogP contribution in [0.4, 0.5) is 0 Å². The number of benzene rings is 2. The molecule has 0 amide bonds. The second-order valence-electron chi connectivity index (χ2n) is 5.82. The Balaban J connectivity index is 1.47. The highest BCUT2D eigenvalue weighted by atomic mass is 16.5. The van der Waals surface area contributed by atoms with E-state index >= 15 is 0 Å². The van der Waals surface area contributed by atoms with Gasteiger partial charge in [-0.05, 0) is 49.2 Å². The summed E-state index contributed by atoms with van der Waals surface area (Å²) >= 11 is 0. The fourth-order valence-corrected chi connectivity index (χ4v) is 2.78. The number of nitrogens with one attached hydrogen (secondary N) is 2. The Kier molecular flexibility index (Phi) is 5.46. The van der Waals surface area contributed by atoms with E-state index in [-0.39, 0.29) is 0 Å². The first-order valence-electron chi connectivity index (χ1n) is 8.10. The summed E-state index contributed by atoms with van der Waals surface area (Å²) in [5, 5.41) is 6.98. The smallest absolute Gasteiger partial charge is 0.120 e. The molecule has 0 spiro atoms. The summed E-state index contributed by atoms with van der Waals surface area (Å²) in [6.07, 6.45) is 2.28. The molecule has 1 aliphatic rings. The Labute approximate surface area is 132 Å². The molecule has 0 saturated carbocycles. The van der Waals surface area contributed by atoms with Crippen molar-refractivity contribution in [2.45, 2.75) is 25.5 Å². The van der Waals surface area contributed by atoms with E-state index in [0.29, 0.717) is 12.6 Å². The molecule has 3 heteroatoms. The highest BCUT2D eigenvalue weighted by molar-refractivity contribution is 5.29. The number of hydrogen-bond donors (Lipinski definition) is 2. The Hall–Kier alpha value is -1.84. The lowest BCUT2D eigenvalue weighted by atomic mass is 10.1. The molecule has 1 aliphatic heterocycles. The van der Waals surface area contributed by atoms with Gasteiger partial charge in [0, 0.05) is 12.6 Å². The topological polar surface area (TPSA) is 33.3 Å². The van der Waals surface area contributed by atoms with Crippen LogP contribution in [0.5, 0.6) is 5.75 Å². The largest absolute Gasteiger partial charge is 0.489 e. The molecule has 1 saturated heterocycles. The van der Waals surface area contributed by atoms with Gasteiger partial charge in [-0.25, -0.2) is 0 Å². The summed E-state index contributed by atoms with van der Waals surface area (Å²) in [6.45, 7) is 3.88. The van der Waals surface area contributed by atoms with Gasteiger partial charge in [-0.3, -0.25) is 0 Å². The van der Waals surface area contributed by atoms with Gasteiger partial charge in [-0.1, -0.05) is 42.5 Å². The van der Waals surface area contributed by atoms with Crippen molar-refractivity contribution in [3.05, 3.63) is 65.7 Å². The highest BCUT2D eigenvalue weighted by Gasteiger charge is 2.12. The van der Waals surface area contributed by atoms with Crippen molar-refractivity contribution in [1.29, 1.82) is 0 Å². The van der Waals surface area contributed by atoms with E-state index < -0.39 is 0 Å². The number of ether oxygens (including phenoxy) is 1. The first-order valence-corrected chi connectivity index (χ1v) is 8.10. The molecule has 22 heavy (non-hydrogen) atoms. The summed E-state index contributed by atoms with van der Waals surface area (Å²) in [4.78, 5) is 0. The third-order valence-electron chi connectivity index (χ3n) is 4.05. The van der Waals surface area contributed by atoms with Gasteiger partial charge in [0.1, 0.15) is 12.4 Å². The lowest BCUT2D eigenvalue weighted by molar-refractivity contribution is 0.306. The Bertz CT molecular complexity index is 565. The second kappa shape index (κ2) is 7.97. The van der Waals surface area contributed by atoms with Gasteiger partial charge in [0.25, 0.3) is 0 Å². The standard InChI is InChI=1S/C19H24N2O/c1-2-5-17(6-3-1)15-22-19-8-4-7-16(13-19)9-12-21-18-10-11-20-14-18/h1-8,13,18,20-21H,9-12,14-15H2. The zero-order valence-electron chi connectivity index (χ0n) is 12.9. The van der Waals surface area contributed by atoms with Crippen molar-refractivity contribution in [2.24, 2.45) is 0 Å². The van der Waals surface area contributed by atoms with E-state index in [2.05, 4.69) is 41.0 Å². The Morgan fingerprint density at radius 2 is 1.91 bits per heavy atom. The molecule has 1 fully saturated rings. The SMILES string of the molecule is c1ccc(COc2cccc(CCNC3CCNC3)c2)cc1. The molecule has 1 unspecified atom stereocenters. The van der Waals surface area contributed by atoms with Gasteiger partial charge in [0.05, 0.1) is 0 Å². The van der Waals surface area contributed by atoms with Gasteiger partial charge in [-0.2, -0.15) is 0 Å². The molecule has 0 aliphatic carbocycles. The lowest BCUT2D eigenvalue weighted by Gasteiger charge is -2.12. The molecule has 0 radical (unpaired) electrons. The van der Waals surface area contributed by atoms with Crippen molar-refractivity contribution in [1.82, 2.24) is 10.6 Å². The van der Waals surface area contributed by atoms with Gasteiger partial charge in [0.2, 0.25) is 0 Å². The minimum atomic E-state index is 0.621. The zero-order chi connectivity index (χ0) is 15.0. The van der Waals surface area contributed by atoms with Crippen LogP contribution in [0.25, 0.3) is 0 Å². The molecule has 3 rings (SSSR count). The van der Waals surface area contributed by atoms with Crippen LogP contribution in [0.15, 0.2) is 54.6 Å². The van der Waals surface area contributed by atoms with Gasteiger partial charge < -0.3 is 15.4 Å². The van der Waals surface area contributed by atoms with E-state index in [9.17, 15) is 0 Å². The monoisotopic (exact) mass is 296 g/mol. The summed E-state index contributed by atoms with van der Waals surface area (Å²) in [5.41, 5.74) is 2.52. The van der Waals surface area contributed by atoms with E-state index in [1.165, 1.54) is 17.5 Å². The number of hydrogen-bond acceptors (Lipinski definition) is 3. The van der Waals surface area contributed by atoms with E-state index in [4.69, 9.17) is 4.74 Å². The van der Waals surface area contributed by atoms with Crippen LogP contribution in [0.2, 0.25) is 0 Å². The normalized spacial score (nSPS) is 17.5. The predicted octanol–water partition coefficient (Wildman–Crippen LogP) is 2.76. The molecule has 2 aromatic rings. The summed E-state index contributed by atoms with van der Waals surface area (Å²) in [5.74, 6) is 0.948. The first kappa shape index (κ1) is 15.1. The molecular weight excluding hydrogens is 272 g/mol. The van der Waals surface area contributed by atoms with Crippen LogP contribution in [-0.2, 0) is 13.0 Å². The summed E-state index contributed by atoms with van der Waals surface area (Å²) in [7, 11) is 0. The minimum absolute atomic E-state index is 0.621. The molecule has 0 bridgehead atoms. The fourth-order valence-electron chi connectivity index (χ4n) is 2.78. The lowest BCUT2D eigenvalue weighted by Crippen LogP contribution is -2.32. The quantitative estimate of drug-likeness (QED) is 0.824. The van der Waals surface area contributed by atoms with Gasteiger partial charge >= 0.3 is 0 Å². The Morgan fingerprint density at radius 1 is 1.05 bits per heavy atom. The molecule has 116 valence electrons. The molecule has 1 heterocycles. The van der Waals surface area contributed by atoms with Crippen molar-refractivity contribution in [2.75, 3.05) is 19.6 Å². The molecule has 2 aromatic carbocycles. The maximum atomic E-state index is 5.88. The first-order chi connectivity index (χ1) is 10.9. The van der Waals surface area contributed by atoms with Crippen molar-refractivity contribution in [3.63, 3.8) is 0 Å². The maximum absolute atomic E-state index is 5.88. The Morgan fingerprint density at radius 3 is 2.73 bits per heavy atom. The van der Waals surface area contributed by atoms with Crippen LogP contribution in [-0.4, -0.2) is 25.7 Å². The van der Waals surface area contributed by atoms with Crippen LogP contribution in [0.3, 0.4) is 0 Å².